The van der Waals surface area contributed by atoms with Crippen molar-refractivity contribution >= 4 is 44.7 Å². The molecule has 1 amide bonds. The zero-order valence-corrected chi connectivity index (χ0v) is 14.8. The fourth-order valence-electron chi connectivity index (χ4n) is 2.82. The van der Waals surface area contributed by atoms with Crippen LogP contribution in [0.5, 0.6) is 0 Å². The number of aromatic nitrogens is 1. The minimum Gasteiger partial charge on any atom is -0.337 e. The van der Waals surface area contributed by atoms with Crippen molar-refractivity contribution < 1.29 is 9.59 Å². The summed E-state index contributed by atoms with van der Waals surface area (Å²) < 4.78 is 2.70. The first kappa shape index (κ1) is 16.5. The molecule has 0 aliphatic heterocycles. The van der Waals surface area contributed by atoms with Crippen molar-refractivity contribution in [1.82, 2.24) is 4.57 Å². The van der Waals surface area contributed by atoms with Gasteiger partial charge in [-0.3, -0.25) is 9.59 Å². The Labute approximate surface area is 148 Å². The Kier molecular flexibility index (Phi) is 4.81. The predicted octanol–water partition coefficient (Wildman–Crippen LogP) is 4.42. The standard InChI is InChI=1S/C19H17BrN2O2/c1-2-13-5-3-4-6-17(13)21-19(24)11-22-10-14(12-23)16-9-15(20)7-8-18(16)22/h3-10,12H,2,11H2,1H3,(H,21,24). The smallest absolute Gasteiger partial charge is 0.244 e. The SMILES string of the molecule is CCc1ccccc1NC(=O)Cn1cc(C=O)c2cc(Br)ccc21. The zero-order chi connectivity index (χ0) is 17.1. The van der Waals surface area contributed by atoms with Gasteiger partial charge in [-0.1, -0.05) is 41.1 Å². The molecule has 0 fully saturated rings. The molecule has 3 aromatic rings. The van der Waals surface area contributed by atoms with Crippen molar-refractivity contribution in [3.8, 4) is 0 Å². The number of aryl methyl sites for hydroxylation is 1. The van der Waals surface area contributed by atoms with Crippen LogP contribution in [0.1, 0.15) is 22.8 Å². The van der Waals surface area contributed by atoms with E-state index >= 15 is 0 Å². The fraction of sp³-hybridized carbons (Fsp3) is 0.158. The lowest BCUT2D eigenvalue weighted by molar-refractivity contribution is -0.116. The molecule has 3 rings (SSSR count). The Bertz CT molecular complexity index is 915. The molecule has 1 N–H and O–H groups in total. The number of halogens is 1. The average Bonchev–Trinajstić information content (AvgIpc) is 2.92. The summed E-state index contributed by atoms with van der Waals surface area (Å²) in [5.41, 5.74) is 3.37. The molecule has 0 atom stereocenters. The van der Waals surface area contributed by atoms with E-state index in [1.54, 1.807) is 10.8 Å². The lowest BCUT2D eigenvalue weighted by Gasteiger charge is -2.10. The predicted molar refractivity (Wildman–Crippen MR) is 99.5 cm³/mol. The van der Waals surface area contributed by atoms with Crippen molar-refractivity contribution in [2.24, 2.45) is 0 Å². The van der Waals surface area contributed by atoms with Crippen LogP contribution in [0.2, 0.25) is 0 Å². The van der Waals surface area contributed by atoms with Gasteiger partial charge in [-0.2, -0.15) is 0 Å². The number of aldehydes is 1. The van der Waals surface area contributed by atoms with Crippen molar-refractivity contribution in [3.05, 3.63) is 64.3 Å². The van der Waals surface area contributed by atoms with Crippen LogP contribution in [-0.4, -0.2) is 16.8 Å². The van der Waals surface area contributed by atoms with E-state index in [0.29, 0.717) is 5.56 Å². The first-order valence-electron chi connectivity index (χ1n) is 7.73. The third-order valence-corrected chi connectivity index (χ3v) is 4.48. The molecule has 0 saturated heterocycles. The van der Waals surface area contributed by atoms with Gasteiger partial charge in [0.15, 0.2) is 6.29 Å². The van der Waals surface area contributed by atoms with E-state index in [-0.39, 0.29) is 12.5 Å². The molecule has 5 heteroatoms. The minimum atomic E-state index is -0.117. The largest absolute Gasteiger partial charge is 0.337 e. The number of carbonyl (C=O) groups excluding carboxylic acids is 2. The summed E-state index contributed by atoms with van der Waals surface area (Å²) in [5, 5.41) is 3.79. The number of nitrogens with zero attached hydrogens (tertiary/aromatic N) is 1. The molecule has 2 aromatic carbocycles. The minimum absolute atomic E-state index is 0.117. The van der Waals surface area contributed by atoms with E-state index in [9.17, 15) is 9.59 Å². The van der Waals surface area contributed by atoms with Crippen LogP contribution in [0.15, 0.2) is 53.1 Å². The number of hydrogen-bond acceptors (Lipinski definition) is 2. The molecule has 0 unspecified atom stereocenters. The normalized spacial score (nSPS) is 10.8. The molecule has 0 aliphatic carbocycles. The first-order chi connectivity index (χ1) is 11.6. The van der Waals surface area contributed by atoms with Gasteiger partial charge in [-0.25, -0.2) is 0 Å². The lowest BCUT2D eigenvalue weighted by Crippen LogP contribution is -2.19. The van der Waals surface area contributed by atoms with Crippen molar-refractivity contribution in [2.75, 3.05) is 5.32 Å². The number of fused-ring (bicyclic) bond motifs is 1. The van der Waals surface area contributed by atoms with Crippen LogP contribution in [-0.2, 0) is 17.8 Å². The monoisotopic (exact) mass is 384 g/mol. The Morgan fingerprint density at radius 3 is 2.79 bits per heavy atom. The maximum Gasteiger partial charge on any atom is 0.244 e. The lowest BCUT2D eigenvalue weighted by atomic mass is 10.1. The maximum absolute atomic E-state index is 12.4. The van der Waals surface area contributed by atoms with Crippen LogP contribution in [0.3, 0.4) is 0 Å². The molecule has 1 aromatic heterocycles. The van der Waals surface area contributed by atoms with Gasteiger partial charge < -0.3 is 9.88 Å². The Morgan fingerprint density at radius 1 is 1.25 bits per heavy atom. The van der Waals surface area contributed by atoms with Gasteiger partial charge in [-0.05, 0) is 36.2 Å². The van der Waals surface area contributed by atoms with E-state index in [1.807, 2.05) is 42.5 Å². The molecular formula is C19H17BrN2O2. The Morgan fingerprint density at radius 2 is 2.04 bits per heavy atom. The number of anilines is 1. The molecule has 0 saturated carbocycles. The summed E-state index contributed by atoms with van der Waals surface area (Å²) >= 11 is 3.41. The number of amides is 1. The quantitative estimate of drug-likeness (QED) is 0.662. The van der Waals surface area contributed by atoms with Gasteiger partial charge in [0.1, 0.15) is 6.54 Å². The third-order valence-electron chi connectivity index (χ3n) is 3.99. The van der Waals surface area contributed by atoms with Crippen LogP contribution >= 0.6 is 15.9 Å². The van der Waals surface area contributed by atoms with Crippen LogP contribution in [0, 0.1) is 0 Å². The van der Waals surface area contributed by atoms with Crippen LogP contribution < -0.4 is 5.32 Å². The molecule has 1 heterocycles. The van der Waals surface area contributed by atoms with Crippen molar-refractivity contribution in [2.45, 2.75) is 19.9 Å². The molecule has 0 spiro atoms. The molecular weight excluding hydrogens is 368 g/mol. The summed E-state index contributed by atoms with van der Waals surface area (Å²) in [5.74, 6) is -0.117. The van der Waals surface area contributed by atoms with E-state index in [2.05, 4.69) is 28.2 Å². The van der Waals surface area contributed by atoms with E-state index in [1.165, 1.54) is 0 Å². The number of benzene rings is 2. The highest BCUT2D eigenvalue weighted by atomic mass is 79.9. The fourth-order valence-corrected chi connectivity index (χ4v) is 3.18. The van der Waals surface area contributed by atoms with Gasteiger partial charge in [-0.15, -0.1) is 0 Å². The highest BCUT2D eigenvalue weighted by Crippen LogP contribution is 2.24. The van der Waals surface area contributed by atoms with E-state index < -0.39 is 0 Å². The second-order valence-corrected chi connectivity index (χ2v) is 6.47. The number of para-hydroxylation sites is 1. The van der Waals surface area contributed by atoms with E-state index in [4.69, 9.17) is 0 Å². The maximum atomic E-state index is 12.4. The van der Waals surface area contributed by atoms with Gasteiger partial charge in [0, 0.05) is 32.8 Å². The number of carbonyl (C=O) groups is 2. The number of nitrogens with one attached hydrogen (secondary N) is 1. The van der Waals surface area contributed by atoms with Gasteiger partial charge in [0.25, 0.3) is 0 Å². The molecule has 24 heavy (non-hydrogen) atoms. The second-order valence-electron chi connectivity index (χ2n) is 5.55. The molecule has 122 valence electrons. The van der Waals surface area contributed by atoms with Gasteiger partial charge in [0.05, 0.1) is 0 Å². The van der Waals surface area contributed by atoms with Crippen molar-refractivity contribution in [3.63, 3.8) is 0 Å². The first-order valence-corrected chi connectivity index (χ1v) is 8.53. The average molecular weight is 385 g/mol. The van der Waals surface area contributed by atoms with Crippen LogP contribution in [0.4, 0.5) is 5.69 Å². The molecule has 0 bridgehead atoms. The molecule has 0 aliphatic rings. The zero-order valence-electron chi connectivity index (χ0n) is 13.3. The van der Waals surface area contributed by atoms with Gasteiger partial charge >= 0.3 is 0 Å². The summed E-state index contributed by atoms with van der Waals surface area (Å²) in [6.45, 7) is 2.21. The summed E-state index contributed by atoms with van der Waals surface area (Å²) in [6, 6.07) is 13.5. The number of hydrogen-bond donors (Lipinski definition) is 1. The second kappa shape index (κ2) is 7.01. The highest BCUT2D eigenvalue weighted by molar-refractivity contribution is 9.10. The van der Waals surface area contributed by atoms with Gasteiger partial charge in [0.2, 0.25) is 5.91 Å². The summed E-state index contributed by atoms with van der Waals surface area (Å²) in [6.07, 6.45) is 3.39. The highest BCUT2D eigenvalue weighted by Gasteiger charge is 2.12. The van der Waals surface area contributed by atoms with Crippen molar-refractivity contribution in [1.29, 1.82) is 0 Å². The summed E-state index contributed by atoms with van der Waals surface area (Å²) in [7, 11) is 0. The third kappa shape index (κ3) is 3.26. The van der Waals surface area contributed by atoms with E-state index in [0.717, 1.165) is 39.3 Å². The Balaban J connectivity index is 1.87. The molecule has 4 nitrogen and oxygen atoms in total. The topological polar surface area (TPSA) is 51.1 Å². The van der Waals surface area contributed by atoms with Crippen LogP contribution in [0.25, 0.3) is 10.9 Å². The molecule has 0 radical (unpaired) electrons. The Hall–Kier alpha value is -2.40. The number of rotatable bonds is 5. The summed E-state index contributed by atoms with van der Waals surface area (Å²) in [4.78, 5) is 23.7.